The van der Waals surface area contributed by atoms with Crippen molar-refractivity contribution in [1.29, 1.82) is 0 Å². The molecule has 0 aliphatic carbocycles. The Hall–Kier alpha value is -1.85. The molecule has 0 saturated carbocycles. The number of nitrogens with zero attached hydrogens (tertiary/aromatic N) is 2. The summed E-state index contributed by atoms with van der Waals surface area (Å²) in [6, 6.07) is 8.51. The summed E-state index contributed by atoms with van der Waals surface area (Å²) in [5.41, 5.74) is 4.73. The molecule has 0 atom stereocenters. The van der Waals surface area contributed by atoms with Gasteiger partial charge in [0, 0.05) is 30.4 Å². The van der Waals surface area contributed by atoms with E-state index in [0.29, 0.717) is 10.9 Å². The Morgan fingerprint density at radius 3 is 2.62 bits per heavy atom. The first kappa shape index (κ1) is 18.9. The fourth-order valence-electron chi connectivity index (χ4n) is 3.57. The van der Waals surface area contributed by atoms with E-state index >= 15 is 0 Å². The number of hydrogen-bond donors (Lipinski definition) is 0. The van der Waals surface area contributed by atoms with Crippen molar-refractivity contribution in [3.05, 3.63) is 64.2 Å². The third-order valence-electron chi connectivity index (χ3n) is 5.06. The zero-order chi connectivity index (χ0) is 19.1. The molecule has 2 aliphatic rings. The van der Waals surface area contributed by atoms with Crippen molar-refractivity contribution < 1.29 is 4.79 Å². The van der Waals surface area contributed by atoms with Crippen molar-refractivity contribution in [1.82, 2.24) is 4.90 Å². The molecule has 1 saturated heterocycles. The maximum Gasteiger partial charge on any atom is 0.266 e. The molecule has 3 nitrogen and oxygen atoms in total. The number of para-hydroxylation sites is 1. The van der Waals surface area contributed by atoms with Gasteiger partial charge in [-0.3, -0.25) is 9.69 Å². The van der Waals surface area contributed by atoms with Crippen LogP contribution >= 0.6 is 24.0 Å². The highest BCUT2D eigenvalue weighted by Crippen LogP contribution is 2.46. The number of allylic oxidation sites excluding steroid dienone is 5. The lowest BCUT2D eigenvalue weighted by Crippen LogP contribution is -2.27. The minimum atomic E-state index is -0.0464. The van der Waals surface area contributed by atoms with Gasteiger partial charge < -0.3 is 4.90 Å². The van der Waals surface area contributed by atoms with Crippen molar-refractivity contribution in [2.45, 2.75) is 33.1 Å². The van der Waals surface area contributed by atoms with Gasteiger partial charge in [0.15, 0.2) is 0 Å². The van der Waals surface area contributed by atoms with Crippen molar-refractivity contribution in [3.8, 4) is 0 Å². The van der Waals surface area contributed by atoms with Gasteiger partial charge in [0.1, 0.15) is 4.32 Å². The molecule has 2 heterocycles. The molecule has 1 amide bonds. The highest BCUT2D eigenvalue weighted by molar-refractivity contribution is 8.26. The summed E-state index contributed by atoms with van der Waals surface area (Å²) in [5, 5.41) is 0. The summed E-state index contributed by atoms with van der Waals surface area (Å²) < 4.78 is 0.644. The number of carbonyl (C=O) groups is 1. The second-order valence-corrected chi connectivity index (χ2v) is 8.69. The van der Waals surface area contributed by atoms with Crippen LogP contribution in [0.1, 0.15) is 33.3 Å². The molecule has 3 rings (SSSR count). The van der Waals surface area contributed by atoms with E-state index < -0.39 is 0 Å². The first-order chi connectivity index (χ1) is 12.3. The predicted molar refractivity (Wildman–Crippen MR) is 115 cm³/mol. The Kier molecular flexibility index (Phi) is 5.13. The average Bonchev–Trinajstić information content (AvgIpc) is 3.00. The summed E-state index contributed by atoms with van der Waals surface area (Å²) >= 11 is 6.68. The van der Waals surface area contributed by atoms with E-state index in [4.69, 9.17) is 12.2 Å². The Morgan fingerprint density at radius 1 is 1.31 bits per heavy atom. The molecule has 0 spiro atoms. The van der Waals surface area contributed by atoms with Gasteiger partial charge in [-0.15, -0.1) is 0 Å². The van der Waals surface area contributed by atoms with Crippen LogP contribution in [0, 0.1) is 0 Å². The Balaban J connectivity index is 1.88. The molecular weight excluding hydrogens is 360 g/mol. The van der Waals surface area contributed by atoms with Gasteiger partial charge in [-0.25, -0.2) is 0 Å². The molecule has 0 N–H and O–H groups in total. The fraction of sp³-hybridized carbons (Fsp3) is 0.333. The van der Waals surface area contributed by atoms with Crippen LogP contribution in [0.5, 0.6) is 0 Å². The third-order valence-corrected chi connectivity index (χ3v) is 6.63. The van der Waals surface area contributed by atoms with E-state index in [-0.39, 0.29) is 11.3 Å². The zero-order valence-electron chi connectivity index (χ0n) is 15.9. The molecule has 0 aromatic heterocycles. The first-order valence-corrected chi connectivity index (χ1v) is 9.98. The summed E-state index contributed by atoms with van der Waals surface area (Å²) in [5.74, 6) is 0.0167. The van der Waals surface area contributed by atoms with Crippen LogP contribution in [0.25, 0.3) is 0 Å². The molecule has 2 aliphatic heterocycles. The summed E-state index contributed by atoms with van der Waals surface area (Å²) in [4.78, 5) is 17.0. The Morgan fingerprint density at radius 2 is 2.00 bits per heavy atom. The molecule has 0 unspecified atom stereocenters. The van der Waals surface area contributed by atoms with E-state index in [2.05, 4.69) is 56.1 Å². The van der Waals surface area contributed by atoms with E-state index in [1.54, 1.807) is 4.90 Å². The number of thiocarbonyl (C=S) groups is 1. The highest BCUT2D eigenvalue weighted by atomic mass is 32.2. The molecule has 1 aromatic carbocycles. The van der Waals surface area contributed by atoms with Crippen molar-refractivity contribution in [2.75, 3.05) is 18.5 Å². The summed E-state index contributed by atoms with van der Waals surface area (Å²) in [6.07, 6.45) is 6.18. The number of likely N-dealkylation sites (N-methyl/N-ethyl adjacent to an activating group) is 2. The lowest BCUT2D eigenvalue weighted by molar-refractivity contribution is -0.122. The van der Waals surface area contributed by atoms with Crippen LogP contribution in [0.4, 0.5) is 5.69 Å². The molecule has 5 heteroatoms. The van der Waals surface area contributed by atoms with Crippen LogP contribution in [0.2, 0.25) is 0 Å². The van der Waals surface area contributed by atoms with Gasteiger partial charge in [-0.05, 0) is 37.1 Å². The maximum absolute atomic E-state index is 12.4. The molecule has 136 valence electrons. The van der Waals surface area contributed by atoms with Crippen LogP contribution in [-0.4, -0.2) is 28.7 Å². The summed E-state index contributed by atoms with van der Waals surface area (Å²) in [6.45, 7) is 9.02. The number of fused-ring (bicyclic) bond motifs is 1. The molecule has 1 aromatic rings. The first-order valence-electron chi connectivity index (χ1n) is 8.75. The topological polar surface area (TPSA) is 23.6 Å². The van der Waals surface area contributed by atoms with Gasteiger partial charge in [0.2, 0.25) is 0 Å². The van der Waals surface area contributed by atoms with Gasteiger partial charge >= 0.3 is 0 Å². The van der Waals surface area contributed by atoms with Gasteiger partial charge in [-0.1, -0.05) is 68.2 Å². The highest BCUT2D eigenvalue weighted by Gasteiger charge is 2.37. The number of anilines is 1. The molecule has 0 radical (unpaired) electrons. The Bertz CT molecular complexity index is 865. The minimum Gasteiger partial charge on any atom is -0.347 e. The van der Waals surface area contributed by atoms with Crippen molar-refractivity contribution in [2.24, 2.45) is 0 Å². The fourth-order valence-corrected chi connectivity index (χ4v) is 4.96. The average molecular weight is 385 g/mol. The predicted octanol–water partition coefficient (Wildman–Crippen LogP) is 5.01. The second-order valence-electron chi connectivity index (χ2n) is 7.04. The molecular formula is C21H24N2OS2. The lowest BCUT2D eigenvalue weighted by Gasteiger charge is -2.23. The number of benzene rings is 1. The second kappa shape index (κ2) is 7.05. The quantitative estimate of drug-likeness (QED) is 0.540. The lowest BCUT2D eigenvalue weighted by atomic mass is 9.84. The summed E-state index contributed by atoms with van der Waals surface area (Å²) in [7, 11) is 2.10. The van der Waals surface area contributed by atoms with Crippen molar-refractivity contribution in [3.63, 3.8) is 0 Å². The minimum absolute atomic E-state index is 0.0167. The van der Waals surface area contributed by atoms with Gasteiger partial charge in [-0.2, -0.15) is 0 Å². The number of rotatable bonds is 3. The number of amides is 1. The van der Waals surface area contributed by atoms with E-state index in [1.807, 2.05) is 26.0 Å². The van der Waals surface area contributed by atoms with Gasteiger partial charge in [0.25, 0.3) is 5.91 Å². The zero-order valence-corrected chi connectivity index (χ0v) is 17.5. The van der Waals surface area contributed by atoms with Gasteiger partial charge in [0.05, 0.1) is 4.91 Å². The standard InChI is InChI=1S/C21H24N2OS2/c1-6-23-19(24)18(26-20(23)25)14(2)10-9-13-17-21(3,4)15-11-7-8-12-16(15)22(17)5/h7-13H,6H2,1-5H3. The molecule has 26 heavy (non-hydrogen) atoms. The molecule has 1 fully saturated rings. The van der Waals surface area contributed by atoms with E-state index in [9.17, 15) is 4.79 Å². The largest absolute Gasteiger partial charge is 0.347 e. The van der Waals surface area contributed by atoms with E-state index in [1.165, 1.54) is 28.7 Å². The van der Waals surface area contributed by atoms with Crippen LogP contribution in [-0.2, 0) is 10.2 Å². The van der Waals surface area contributed by atoms with Crippen LogP contribution in [0.3, 0.4) is 0 Å². The third kappa shape index (κ3) is 3.03. The normalized spacial score (nSPS) is 22.7. The number of carbonyl (C=O) groups excluding carboxylic acids is 1. The monoisotopic (exact) mass is 384 g/mol. The maximum atomic E-state index is 12.4. The molecule has 0 bridgehead atoms. The van der Waals surface area contributed by atoms with E-state index in [0.717, 1.165) is 10.5 Å². The number of hydrogen-bond acceptors (Lipinski definition) is 4. The number of thioether (sulfide) groups is 1. The van der Waals surface area contributed by atoms with Crippen molar-refractivity contribution >= 4 is 39.9 Å². The smallest absolute Gasteiger partial charge is 0.266 e. The Labute approximate surface area is 165 Å². The SMILES string of the molecule is CCN1C(=O)C(=C(C)C=CC=C2N(C)c3ccccc3C2(C)C)SC1=S. The van der Waals surface area contributed by atoms with Crippen LogP contribution in [0.15, 0.2) is 58.7 Å². The van der Waals surface area contributed by atoms with Crippen LogP contribution < -0.4 is 4.90 Å².